The molecule has 17 heavy (non-hydrogen) atoms. The smallest absolute Gasteiger partial charge is 0.310 e. The third-order valence-electron chi connectivity index (χ3n) is 2.23. The number of benzene rings is 1. The maximum atomic E-state index is 11.2. The van der Waals surface area contributed by atoms with Crippen molar-refractivity contribution in [3.8, 4) is 11.3 Å². The molecule has 2 rings (SSSR count). The lowest BCUT2D eigenvalue weighted by Gasteiger charge is -2.01. The minimum Gasteiger partial charge on any atom is -0.310 e. The molecule has 0 fully saturated rings. The van der Waals surface area contributed by atoms with Crippen molar-refractivity contribution >= 4 is 5.69 Å². The average molecular weight is 231 g/mol. The van der Waals surface area contributed by atoms with Crippen LogP contribution in [0, 0.1) is 17.0 Å². The molecule has 0 unspecified atom stereocenters. The quantitative estimate of drug-likeness (QED) is 0.628. The van der Waals surface area contributed by atoms with E-state index in [-0.39, 0.29) is 5.69 Å². The second-order valence-corrected chi connectivity index (χ2v) is 3.56. The first-order chi connectivity index (χ1) is 8.06. The average Bonchev–Trinajstić information content (AvgIpc) is 2.28. The maximum absolute atomic E-state index is 11.2. The van der Waals surface area contributed by atoms with Gasteiger partial charge in [-0.1, -0.05) is 12.1 Å². The molecule has 0 saturated heterocycles. The maximum Gasteiger partial charge on any atom is 0.345 e. The fourth-order valence-electron chi connectivity index (χ4n) is 1.51. The molecule has 1 aromatic carbocycles. The van der Waals surface area contributed by atoms with Crippen LogP contribution in [0.5, 0.6) is 0 Å². The summed E-state index contributed by atoms with van der Waals surface area (Å²) in [7, 11) is 0. The van der Waals surface area contributed by atoms with Gasteiger partial charge in [0.1, 0.15) is 0 Å². The van der Waals surface area contributed by atoms with Gasteiger partial charge in [0.25, 0.3) is 5.69 Å². The number of nitrogens with zero attached hydrogens (tertiary/aromatic N) is 2. The largest absolute Gasteiger partial charge is 0.345 e. The normalized spacial score (nSPS) is 10.2. The predicted octanol–water partition coefficient (Wildman–Crippen LogP) is 1.65. The Balaban J connectivity index is 2.56. The first-order valence-corrected chi connectivity index (χ1v) is 4.89. The minimum absolute atomic E-state index is 0.0257. The Hall–Kier alpha value is -2.50. The minimum atomic E-state index is -0.483. The van der Waals surface area contributed by atoms with E-state index in [2.05, 4.69) is 9.97 Å². The third kappa shape index (κ3) is 2.36. The van der Waals surface area contributed by atoms with Crippen LogP contribution in [-0.2, 0) is 0 Å². The lowest BCUT2D eigenvalue weighted by molar-refractivity contribution is -0.384. The van der Waals surface area contributed by atoms with Crippen LogP contribution in [0.15, 0.2) is 35.1 Å². The van der Waals surface area contributed by atoms with Gasteiger partial charge in [-0.05, 0) is 13.0 Å². The van der Waals surface area contributed by atoms with Crippen LogP contribution in [0.2, 0.25) is 0 Å². The van der Waals surface area contributed by atoms with Crippen molar-refractivity contribution < 1.29 is 4.92 Å². The molecule has 6 nitrogen and oxygen atoms in total. The molecular weight excluding hydrogens is 222 g/mol. The molecule has 0 saturated carbocycles. The van der Waals surface area contributed by atoms with Crippen LogP contribution < -0.4 is 5.69 Å². The van der Waals surface area contributed by atoms with E-state index in [1.54, 1.807) is 25.1 Å². The third-order valence-corrected chi connectivity index (χ3v) is 2.23. The molecule has 0 spiro atoms. The molecule has 0 bridgehead atoms. The van der Waals surface area contributed by atoms with Gasteiger partial charge in [0.05, 0.1) is 10.6 Å². The highest BCUT2D eigenvalue weighted by Gasteiger charge is 2.08. The van der Waals surface area contributed by atoms with Crippen molar-refractivity contribution in [2.45, 2.75) is 6.92 Å². The highest BCUT2D eigenvalue weighted by atomic mass is 16.6. The van der Waals surface area contributed by atoms with Gasteiger partial charge in [0.2, 0.25) is 0 Å². The number of hydrogen-bond donors (Lipinski definition) is 1. The monoisotopic (exact) mass is 231 g/mol. The Bertz CT molecular complexity index is 634. The summed E-state index contributed by atoms with van der Waals surface area (Å²) in [6.45, 7) is 1.73. The second kappa shape index (κ2) is 4.17. The van der Waals surface area contributed by atoms with Crippen molar-refractivity contribution in [3.63, 3.8) is 0 Å². The van der Waals surface area contributed by atoms with Crippen molar-refractivity contribution in [2.24, 2.45) is 0 Å². The molecule has 0 aliphatic heterocycles. The van der Waals surface area contributed by atoms with Crippen molar-refractivity contribution in [1.82, 2.24) is 9.97 Å². The van der Waals surface area contributed by atoms with Gasteiger partial charge in [-0.2, -0.15) is 4.98 Å². The van der Waals surface area contributed by atoms with E-state index in [0.717, 1.165) is 0 Å². The van der Waals surface area contributed by atoms with Gasteiger partial charge in [-0.15, -0.1) is 0 Å². The van der Waals surface area contributed by atoms with Gasteiger partial charge >= 0.3 is 5.69 Å². The van der Waals surface area contributed by atoms with Crippen molar-refractivity contribution in [1.29, 1.82) is 0 Å². The van der Waals surface area contributed by atoms with E-state index < -0.39 is 10.6 Å². The summed E-state index contributed by atoms with van der Waals surface area (Å²) in [5.74, 6) is 0. The molecule has 6 heteroatoms. The van der Waals surface area contributed by atoms with Crippen LogP contribution in [0.4, 0.5) is 5.69 Å². The highest BCUT2D eigenvalue weighted by Crippen LogP contribution is 2.21. The number of non-ortho nitro benzene ring substituents is 1. The summed E-state index contributed by atoms with van der Waals surface area (Å²) >= 11 is 0. The van der Waals surface area contributed by atoms with Gasteiger partial charge in [-0.3, -0.25) is 10.1 Å². The van der Waals surface area contributed by atoms with E-state index in [9.17, 15) is 14.9 Å². The molecule has 0 radical (unpaired) electrons. The molecule has 0 aliphatic rings. The molecule has 0 amide bonds. The summed E-state index contributed by atoms with van der Waals surface area (Å²) in [4.78, 5) is 27.6. The number of aromatic amines is 1. The molecule has 2 aromatic rings. The summed E-state index contributed by atoms with van der Waals surface area (Å²) in [5.41, 5.74) is 1.14. The first kappa shape index (κ1) is 11.0. The van der Waals surface area contributed by atoms with E-state index in [4.69, 9.17) is 0 Å². The molecule has 86 valence electrons. The van der Waals surface area contributed by atoms with Gasteiger partial charge < -0.3 is 4.98 Å². The molecule has 0 atom stereocenters. The SMILES string of the molecule is Cc1cc(-c2cccc([N+](=O)[O-])c2)nc(=O)[nH]1. The Kier molecular flexibility index (Phi) is 2.70. The van der Waals surface area contributed by atoms with Crippen LogP contribution >= 0.6 is 0 Å². The summed E-state index contributed by atoms with van der Waals surface area (Å²) in [6.07, 6.45) is 0. The number of H-pyrrole nitrogens is 1. The Morgan fingerprint density at radius 1 is 1.35 bits per heavy atom. The standard InChI is InChI=1S/C11H9N3O3/c1-7-5-10(13-11(15)12-7)8-3-2-4-9(6-8)14(16)17/h2-6H,1H3,(H,12,13,15). The van der Waals surface area contributed by atoms with Crippen LogP contribution in [0.1, 0.15) is 5.69 Å². The molecule has 1 aromatic heterocycles. The van der Waals surface area contributed by atoms with E-state index >= 15 is 0 Å². The van der Waals surface area contributed by atoms with Crippen LogP contribution in [-0.4, -0.2) is 14.9 Å². The van der Waals surface area contributed by atoms with Crippen LogP contribution in [0.25, 0.3) is 11.3 Å². The number of aryl methyl sites for hydroxylation is 1. The number of nitro groups is 1. The lowest BCUT2D eigenvalue weighted by atomic mass is 10.1. The topological polar surface area (TPSA) is 88.9 Å². The Morgan fingerprint density at radius 3 is 2.76 bits per heavy atom. The van der Waals surface area contributed by atoms with E-state index in [1.807, 2.05) is 0 Å². The van der Waals surface area contributed by atoms with E-state index in [0.29, 0.717) is 17.0 Å². The fraction of sp³-hybridized carbons (Fsp3) is 0.0909. The number of aromatic nitrogens is 2. The predicted molar refractivity (Wildman–Crippen MR) is 61.7 cm³/mol. The molecule has 1 heterocycles. The highest BCUT2D eigenvalue weighted by molar-refractivity contribution is 5.62. The summed E-state index contributed by atoms with van der Waals surface area (Å²) in [5, 5.41) is 10.6. The summed E-state index contributed by atoms with van der Waals surface area (Å²) in [6, 6.07) is 7.69. The van der Waals surface area contributed by atoms with Crippen molar-refractivity contribution in [2.75, 3.05) is 0 Å². The van der Waals surface area contributed by atoms with Gasteiger partial charge in [0.15, 0.2) is 0 Å². The van der Waals surface area contributed by atoms with Crippen molar-refractivity contribution in [3.05, 3.63) is 56.6 Å². The zero-order chi connectivity index (χ0) is 12.4. The van der Waals surface area contributed by atoms with Crippen LogP contribution in [0.3, 0.4) is 0 Å². The first-order valence-electron chi connectivity index (χ1n) is 4.89. The number of hydrogen-bond acceptors (Lipinski definition) is 4. The number of rotatable bonds is 2. The molecule has 0 aliphatic carbocycles. The zero-order valence-electron chi connectivity index (χ0n) is 9.01. The molecular formula is C11H9N3O3. The number of nitrogens with one attached hydrogen (secondary N) is 1. The fourth-order valence-corrected chi connectivity index (χ4v) is 1.51. The Morgan fingerprint density at radius 2 is 2.12 bits per heavy atom. The van der Waals surface area contributed by atoms with E-state index in [1.165, 1.54) is 12.1 Å². The van der Waals surface area contributed by atoms with Gasteiger partial charge in [-0.25, -0.2) is 4.79 Å². The number of nitro benzene ring substituents is 1. The lowest BCUT2D eigenvalue weighted by Crippen LogP contribution is -2.11. The van der Waals surface area contributed by atoms with Gasteiger partial charge in [0, 0.05) is 23.4 Å². The Labute approximate surface area is 96.1 Å². The molecule has 1 N–H and O–H groups in total. The summed E-state index contributed by atoms with van der Waals surface area (Å²) < 4.78 is 0. The second-order valence-electron chi connectivity index (χ2n) is 3.56. The zero-order valence-corrected chi connectivity index (χ0v) is 9.01.